The van der Waals surface area contributed by atoms with Crippen LogP contribution in [0.25, 0.3) is 49.9 Å². The summed E-state index contributed by atoms with van der Waals surface area (Å²) in [5, 5.41) is 53.3. The number of rotatable bonds is 43. The summed E-state index contributed by atoms with van der Waals surface area (Å²) >= 11 is 0. The standard InChI is InChI=1S/C114H133N13O16/c1-63(2)37-96(110(139)122-95(54-106(137)138)85-48-87(60-117-58-85)109-70(12)29-31-89(76(109)18)80-34-36-124(102(130)50-80)97(38-64(3)4)111(140)121-94(53-105(135)136)84-47-86(59-116-57-84)107-67(9)23-20-24-68(107)10)123-35-33-79(46-101(123)129)44-83-42-75(17)127(77(83)19)88-28-22-26-81(49-88)93(52-104(133)134)120-113(142)99(40-66(7)8)126-62-118-91-32-30-78(45-90(91)114(126)143)43-82-27-21-25-69(11)108(82)73(15)56-115-55-72(14)92(51-103(131)132)119-112(141)98(39-65(5)6)125-61-74(16)71(13)41-100(125)128/h20-36,41,45-50,55-66,75,77,83,92-99H,14,37-40,42-44,51-54H2,1-13,15-19H3,(H,119,141)(H,120,142)(H,121,140)(H,122,139)(H,131,132)(H,133,134)(H,135,136)(H,137,138)/b73-56+,115-55?/t75?,77?,83?,92-,93+,94+,95+,96+,97-,98-,99+/m1/s1. The molecule has 0 radical (unpaired) electrons. The molecule has 1 fully saturated rings. The van der Waals surface area contributed by atoms with Crippen LogP contribution in [-0.4, -0.2) is 125 Å². The van der Waals surface area contributed by atoms with Gasteiger partial charge >= 0.3 is 23.9 Å². The minimum atomic E-state index is -1.20. The van der Waals surface area contributed by atoms with Gasteiger partial charge in [0, 0.05) is 103 Å². The molecule has 0 bridgehead atoms. The number of pyridine rings is 5. The normalized spacial score (nSPS) is 15.6. The van der Waals surface area contributed by atoms with E-state index < -0.39 is 138 Å². The number of aromatic nitrogens is 7. The number of hydrogen-bond donors (Lipinski definition) is 8. The number of aliphatic carboxylic acids is 4. The van der Waals surface area contributed by atoms with Crippen LogP contribution in [0.4, 0.5) is 5.69 Å². The second kappa shape index (κ2) is 47.1. The predicted octanol–water partition coefficient (Wildman–Crippen LogP) is 18.3. The number of aryl methyl sites for hydroxylation is 6. The Labute approximate surface area is 833 Å². The molecule has 1 aliphatic rings. The number of nitrogens with one attached hydrogen (secondary N) is 4. The second-order valence-corrected chi connectivity index (χ2v) is 40.3. The highest BCUT2D eigenvalue weighted by Gasteiger charge is 2.39. The first-order chi connectivity index (χ1) is 67.8. The van der Waals surface area contributed by atoms with Crippen LogP contribution in [0.15, 0.2) is 226 Å². The molecular formula is C114H133N13O16. The lowest BCUT2D eigenvalue weighted by molar-refractivity contribution is -0.139. The number of carboxylic acid groups (broad SMARTS) is 4. The molecule has 4 amide bonds. The number of allylic oxidation sites excluding steroid dienone is 1. The summed E-state index contributed by atoms with van der Waals surface area (Å²) in [6.07, 6.45) is 16.2. The number of carboxylic acids is 4. The first-order valence-electron chi connectivity index (χ1n) is 49.0. The number of carbonyl (C=O) groups excluding carboxylic acids is 4. The molecule has 29 heteroatoms. The van der Waals surface area contributed by atoms with E-state index in [0.29, 0.717) is 64.6 Å². The molecule has 11 atom stereocenters. The summed E-state index contributed by atoms with van der Waals surface area (Å²) in [5.41, 5.74) is 15.5. The molecule has 0 aliphatic carbocycles. The highest BCUT2D eigenvalue weighted by molar-refractivity contribution is 5.89. The van der Waals surface area contributed by atoms with Crippen LogP contribution in [-0.2, 0) is 51.2 Å². The van der Waals surface area contributed by atoms with Gasteiger partial charge in [0.25, 0.3) is 22.2 Å². The van der Waals surface area contributed by atoms with Crippen LogP contribution in [0.1, 0.15) is 254 Å². The maximum atomic E-state index is 15.1. The number of hydrogen-bond acceptors (Lipinski definition) is 17. The lowest BCUT2D eigenvalue weighted by Crippen LogP contribution is -2.44. The maximum Gasteiger partial charge on any atom is 0.305 e. The molecule has 29 nitrogen and oxygen atoms in total. The van der Waals surface area contributed by atoms with Gasteiger partial charge in [-0.05, 0) is 304 Å². The number of fused-ring (bicyclic) bond motifs is 1. The zero-order chi connectivity index (χ0) is 104. The molecule has 1 saturated heterocycles. The Balaban J connectivity index is 0.716. The van der Waals surface area contributed by atoms with Crippen LogP contribution < -0.4 is 48.4 Å². The van der Waals surface area contributed by atoms with E-state index in [9.17, 15) is 68.4 Å². The van der Waals surface area contributed by atoms with Gasteiger partial charge in [-0.3, -0.25) is 77.1 Å². The second-order valence-electron chi connectivity index (χ2n) is 40.3. The van der Waals surface area contributed by atoms with Crippen LogP contribution >= 0.6 is 0 Å². The highest BCUT2D eigenvalue weighted by atomic mass is 16.4. The summed E-state index contributed by atoms with van der Waals surface area (Å²) in [5.74, 6) is -7.16. The van der Waals surface area contributed by atoms with E-state index in [2.05, 4.69) is 61.6 Å². The van der Waals surface area contributed by atoms with Crippen molar-refractivity contribution in [3.8, 4) is 33.4 Å². The smallest absolute Gasteiger partial charge is 0.305 e. The summed E-state index contributed by atoms with van der Waals surface area (Å²) in [4.78, 5) is 187. The Kier molecular flexibility index (Phi) is 35.2. The zero-order valence-electron chi connectivity index (χ0n) is 84.8. The fourth-order valence-electron chi connectivity index (χ4n) is 20.1. The van der Waals surface area contributed by atoms with Gasteiger partial charge in [-0.1, -0.05) is 129 Å². The molecule has 750 valence electrons. The molecule has 1 aliphatic heterocycles. The van der Waals surface area contributed by atoms with E-state index >= 15 is 9.59 Å². The van der Waals surface area contributed by atoms with Crippen molar-refractivity contribution in [1.29, 1.82) is 0 Å². The Morgan fingerprint density at radius 3 is 1.53 bits per heavy atom. The number of nitrogens with zero attached hydrogens (tertiary/aromatic N) is 9. The third-order valence-corrected chi connectivity index (χ3v) is 27.2. The largest absolute Gasteiger partial charge is 0.481 e. The van der Waals surface area contributed by atoms with E-state index in [-0.39, 0.29) is 77.5 Å². The predicted molar refractivity (Wildman–Crippen MR) is 557 cm³/mol. The molecule has 5 aromatic carbocycles. The Hall–Kier alpha value is -14.9. The van der Waals surface area contributed by atoms with Crippen molar-refractivity contribution in [1.82, 2.24) is 54.5 Å². The van der Waals surface area contributed by atoms with E-state index in [1.54, 1.807) is 79.8 Å². The van der Waals surface area contributed by atoms with Crippen molar-refractivity contribution in [3.63, 3.8) is 0 Å². The van der Waals surface area contributed by atoms with Crippen molar-refractivity contribution in [2.45, 2.75) is 256 Å². The molecule has 7 heterocycles. The molecule has 6 aromatic heterocycles. The maximum absolute atomic E-state index is 15.1. The minimum Gasteiger partial charge on any atom is -0.481 e. The van der Waals surface area contributed by atoms with Crippen molar-refractivity contribution in [2.24, 2.45) is 34.6 Å². The average molecular weight is 1940 g/mol. The zero-order valence-corrected chi connectivity index (χ0v) is 84.8. The third kappa shape index (κ3) is 26.5. The number of aliphatic imine (C=N–C) groups is 1. The summed E-state index contributed by atoms with van der Waals surface area (Å²) in [6.45, 7) is 39.1. The molecule has 0 saturated carbocycles. The van der Waals surface area contributed by atoms with Gasteiger partial charge in [0.15, 0.2) is 0 Å². The fraction of sp³-hybridized carbons (Fsp3) is 0.386. The minimum absolute atomic E-state index is 0.00152. The van der Waals surface area contributed by atoms with Gasteiger partial charge in [0.1, 0.15) is 24.2 Å². The number of benzene rings is 5. The molecular weight excluding hydrogens is 1810 g/mol. The van der Waals surface area contributed by atoms with E-state index in [0.717, 1.165) is 89.1 Å². The molecule has 3 unspecified atom stereocenters. The topological polar surface area (TPSA) is 408 Å². The average Bonchev–Trinajstić information content (AvgIpc) is 1.24. The Morgan fingerprint density at radius 2 is 0.979 bits per heavy atom. The third-order valence-electron chi connectivity index (χ3n) is 27.2. The quantitative estimate of drug-likeness (QED) is 0.0165. The Morgan fingerprint density at radius 1 is 0.483 bits per heavy atom. The lowest BCUT2D eigenvalue weighted by Gasteiger charge is -2.31. The van der Waals surface area contributed by atoms with E-state index in [1.807, 2.05) is 196 Å². The van der Waals surface area contributed by atoms with Crippen LogP contribution in [0.3, 0.4) is 0 Å². The van der Waals surface area contributed by atoms with Crippen molar-refractivity contribution >= 4 is 75.9 Å². The number of carbonyl (C=O) groups is 8. The van der Waals surface area contributed by atoms with Gasteiger partial charge < -0.3 is 60.3 Å². The Bertz CT molecular complexity index is 6960. The van der Waals surface area contributed by atoms with Gasteiger partial charge in [-0.15, -0.1) is 0 Å². The van der Waals surface area contributed by atoms with Gasteiger partial charge in [0.05, 0.1) is 67.1 Å². The van der Waals surface area contributed by atoms with Crippen LogP contribution in [0, 0.1) is 78.1 Å². The summed E-state index contributed by atoms with van der Waals surface area (Å²) in [7, 11) is 0. The highest BCUT2D eigenvalue weighted by Crippen LogP contribution is 2.41. The first kappa shape index (κ1) is 107. The molecule has 0 spiro atoms. The van der Waals surface area contributed by atoms with Crippen molar-refractivity contribution in [2.75, 3.05) is 4.90 Å². The molecule has 143 heavy (non-hydrogen) atoms. The van der Waals surface area contributed by atoms with Gasteiger partial charge in [-0.2, -0.15) is 0 Å². The lowest BCUT2D eigenvalue weighted by atomic mass is 9.89. The van der Waals surface area contributed by atoms with Gasteiger partial charge in [-0.25, -0.2) is 4.98 Å². The van der Waals surface area contributed by atoms with Gasteiger partial charge in [0.2, 0.25) is 23.6 Å². The first-order valence-corrected chi connectivity index (χ1v) is 49.0. The number of anilines is 1. The number of amides is 4. The van der Waals surface area contributed by atoms with Crippen LogP contribution in [0.5, 0.6) is 0 Å². The molecule has 11 aromatic rings. The van der Waals surface area contributed by atoms with Crippen molar-refractivity contribution in [3.05, 3.63) is 321 Å². The van der Waals surface area contributed by atoms with E-state index in [4.69, 9.17) is 4.98 Å². The SMILES string of the molecule is C=C(C=N/C=C(\C)c1c(C)cccc1Cc1ccc2ncn([C@@H](CC(C)C)C(=O)N[C@@H](CC(=O)O)c3cccc(N4C(C)CC(Cc5ccn([C@@H](CC(C)C)C(=O)N[C@@H](CC(=O)O)c6cncc(-c7c(C)ccc(-c8ccn([C@H](CC(C)C)C(=O)N[C@@H](CC(=O)O)c9cncc(-c%10c(C)cccc%10C)c9)c(=O)c8)c7C)c6)c(=O)c5)C4C)c3)c(=O)c2c1)[C@@H](CC(=O)O)NC(=O)[C@@H](CC(C)C)n1cc(C)c(C)cc1=O. The van der Waals surface area contributed by atoms with Crippen molar-refractivity contribution < 1.29 is 58.8 Å². The molecule has 8 N–H and O–H groups in total. The molecule has 12 rings (SSSR count). The van der Waals surface area contributed by atoms with E-state index in [1.165, 1.54) is 49.1 Å². The monoisotopic (exact) mass is 1940 g/mol. The summed E-state index contributed by atoms with van der Waals surface area (Å²) < 4.78 is 5.47. The summed E-state index contributed by atoms with van der Waals surface area (Å²) in [6, 6.07) is 31.6. The fourth-order valence-corrected chi connectivity index (χ4v) is 20.1. The van der Waals surface area contributed by atoms with Crippen LogP contribution in [0.2, 0.25) is 0 Å².